The molecule has 0 rings (SSSR count). The zero-order valence-corrected chi connectivity index (χ0v) is 33.7. The van der Waals surface area contributed by atoms with E-state index >= 15 is 0 Å². The summed E-state index contributed by atoms with van der Waals surface area (Å²) in [5.41, 5.74) is 0. The van der Waals surface area contributed by atoms with E-state index in [-0.39, 0.29) is 11.6 Å². The SMILES string of the molecule is CCCCCCCCCCCCOC(OCCCCCC)(OCCCCCCCC)C(CCCCCCCCCCC)OCCCC.O. The first kappa shape index (κ1) is 49.9. The largest absolute Gasteiger partial charge is 0.412 e. The van der Waals surface area contributed by atoms with Gasteiger partial charge in [0.1, 0.15) is 6.10 Å². The minimum Gasteiger partial charge on any atom is -0.412 e. The molecule has 0 fully saturated rings. The van der Waals surface area contributed by atoms with Crippen LogP contribution in [0.3, 0.4) is 0 Å². The summed E-state index contributed by atoms with van der Waals surface area (Å²) in [6, 6.07) is 0. The summed E-state index contributed by atoms with van der Waals surface area (Å²) in [4.78, 5) is 0. The van der Waals surface area contributed by atoms with E-state index in [1.54, 1.807) is 0 Å². The molecule has 0 heterocycles. The fourth-order valence-electron chi connectivity index (χ4n) is 6.42. The van der Waals surface area contributed by atoms with Crippen LogP contribution in [0.25, 0.3) is 0 Å². The molecule has 0 aromatic rings. The summed E-state index contributed by atoms with van der Waals surface area (Å²) in [5.74, 6) is -1.08. The maximum Gasteiger partial charge on any atom is 0.310 e. The minimum absolute atomic E-state index is 0. The highest BCUT2D eigenvalue weighted by Gasteiger charge is 2.43. The highest BCUT2D eigenvalue weighted by molar-refractivity contribution is 4.74. The van der Waals surface area contributed by atoms with Gasteiger partial charge in [0.15, 0.2) is 0 Å². The molecule has 0 aliphatic rings. The van der Waals surface area contributed by atoms with Gasteiger partial charge in [0.2, 0.25) is 0 Å². The molecule has 2 atom stereocenters. The molecular formula is C43H90O5. The second kappa shape index (κ2) is 41.2. The van der Waals surface area contributed by atoms with E-state index in [1.165, 1.54) is 161 Å². The van der Waals surface area contributed by atoms with E-state index in [0.717, 1.165) is 51.6 Å². The molecule has 0 spiro atoms. The normalized spacial score (nSPS) is 13.4. The monoisotopic (exact) mass is 687 g/mol. The Morgan fingerprint density at radius 2 is 0.583 bits per heavy atom. The predicted octanol–water partition coefficient (Wildman–Crippen LogP) is 13.8. The van der Waals surface area contributed by atoms with Crippen molar-refractivity contribution in [1.29, 1.82) is 0 Å². The molecule has 5 heteroatoms. The highest BCUT2D eigenvalue weighted by Crippen LogP contribution is 2.30. The van der Waals surface area contributed by atoms with Crippen LogP contribution < -0.4 is 0 Å². The average molecular weight is 687 g/mol. The van der Waals surface area contributed by atoms with Crippen molar-refractivity contribution in [3.8, 4) is 0 Å². The molecule has 0 saturated carbocycles. The minimum atomic E-state index is -1.08. The molecule has 0 aliphatic heterocycles. The number of hydrogen-bond donors (Lipinski definition) is 0. The smallest absolute Gasteiger partial charge is 0.310 e. The molecule has 0 saturated heterocycles. The lowest BCUT2D eigenvalue weighted by Gasteiger charge is -2.39. The van der Waals surface area contributed by atoms with Crippen LogP contribution in [-0.2, 0) is 18.9 Å². The number of unbranched alkanes of at least 4 members (excludes halogenated alkanes) is 26. The van der Waals surface area contributed by atoms with Crippen LogP contribution in [-0.4, -0.2) is 44.0 Å². The summed E-state index contributed by atoms with van der Waals surface area (Å²) < 4.78 is 27.1. The van der Waals surface area contributed by atoms with Crippen LogP contribution in [0.5, 0.6) is 0 Å². The van der Waals surface area contributed by atoms with Crippen LogP contribution in [0.2, 0.25) is 0 Å². The zero-order valence-electron chi connectivity index (χ0n) is 33.7. The van der Waals surface area contributed by atoms with Crippen molar-refractivity contribution in [1.82, 2.24) is 0 Å². The number of hydrogen-bond acceptors (Lipinski definition) is 4. The maximum absolute atomic E-state index is 6.81. The van der Waals surface area contributed by atoms with Crippen LogP contribution in [0.1, 0.15) is 240 Å². The predicted molar refractivity (Wildman–Crippen MR) is 210 cm³/mol. The topological polar surface area (TPSA) is 68.4 Å². The highest BCUT2D eigenvalue weighted by atomic mass is 16.9. The third-order valence-corrected chi connectivity index (χ3v) is 9.68. The van der Waals surface area contributed by atoms with Gasteiger partial charge in [-0.15, -0.1) is 0 Å². The summed E-state index contributed by atoms with van der Waals surface area (Å²) in [7, 11) is 0. The van der Waals surface area contributed by atoms with Gasteiger partial charge >= 0.3 is 5.97 Å². The first-order valence-corrected chi connectivity index (χ1v) is 21.7. The molecule has 292 valence electrons. The Bertz CT molecular complexity index is 573. The second-order valence-electron chi connectivity index (χ2n) is 14.5. The lowest BCUT2D eigenvalue weighted by molar-refractivity contribution is -0.419. The Morgan fingerprint density at radius 1 is 0.312 bits per heavy atom. The summed E-state index contributed by atoms with van der Waals surface area (Å²) in [6.45, 7) is 14.2. The molecule has 5 nitrogen and oxygen atoms in total. The third-order valence-electron chi connectivity index (χ3n) is 9.68. The van der Waals surface area contributed by atoms with E-state index in [2.05, 4.69) is 34.6 Å². The van der Waals surface area contributed by atoms with E-state index < -0.39 is 5.97 Å². The summed E-state index contributed by atoms with van der Waals surface area (Å²) in [5, 5.41) is 0. The van der Waals surface area contributed by atoms with Crippen LogP contribution in [0, 0.1) is 0 Å². The molecule has 2 unspecified atom stereocenters. The molecule has 0 bridgehead atoms. The molecule has 2 N–H and O–H groups in total. The maximum atomic E-state index is 6.81. The molecule has 0 aromatic carbocycles. The molecule has 0 aromatic heterocycles. The van der Waals surface area contributed by atoms with Crippen molar-refractivity contribution >= 4 is 0 Å². The number of ether oxygens (including phenoxy) is 4. The Morgan fingerprint density at radius 3 is 0.917 bits per heavy atom. The Balaban J connectivity index is 0. The van der Waals surface area contributed by atoms with Crippen LogP contribution in [0.15, 0.2) is 0 Å². The molecule has 0 aliphatic carbocycles. The van der Waals surface area contributed by atoms with Crippen molar-refractivity contribution in [2.24, 2.45) is 0 Å². The quantitative estimate of drug-likeness (QED) is 0.0474. The second-order valence-corrected chi connectivity index (χ2v) is 14.5. The molecular weight excluding hydrogens is 596 g/mol. The van der Waals surface area contributed by atoms with Crippen LogP contribution in [0.4, 0.5) is 0 Å². The van der Waals surface area contributed by atoms with Crippen molar-refractivity contribution in [3.05, 3.63) is 0 Å². The first-order chi connectivity index (χ1) is 23.2. The van der Waals surface area contributed by atoms with Gasteiger partial charge in [-0.3, -0.25) is 0 Å². The van der Waals surface area contributed by atoms with E-state index in [0.29, 0.717) is 19.8 Å². The summed E-state index contributed by atoms with van der Waals surface area (Å²) in [6.07, 6.45) is 40.4. The molecule has 0 amide bonds. The van der Waals surface area contributed by atoms with Gasteiger partial charge < -0.3 is 24.4 Å². The van der Waals surface area contributed by atoms with Gasteiger partial charge in [-0.25, -0.2) is 0 Å². The van der Waals surface area contributed by atoms with E-state index in [9.17, 15) is 0 Å². The number of rotatable bonds is 41. The first-order valence-electron chi connectivity index (χ1n) is 21.7. The molecule has 48 heavy (non-hydrogen) atoms. The Kier molecular flexibility index (Phi) is 42.9. The fraction of sp³-hybridized carbons (Fsp3) is 1.00. The third kappa shape index (κ3) is 31.8. The van der Waals surface area contributed by atoms with Crippen molar-refractivity contribution < 1.29 is 24.4 Å². The standard InChI is InChI=1S/C43H88O4.H2O/c1-6-11-16-20-23-25-27-29-32-36-41-47-43(45-39-34-19-14-9-4,46-40-35-31-22-18-13-8-3)42(44-38-15-10-5)37-33-30-28-26-24-21-17-12-7-2;/h42H,6-41H2,1-5H3;1H2. The van der Waals surface area contributed by atoms with E-state index in [1.807, 2.05) is 0 Å². The average Bonchev–Trinajstić information content (AvgIpc) is 3.08. The van der Waals surface area contributed by atoms with Crippen LogP contribution >= 0.6 is 0 Å². The van der Waals surface area contributed by atoms with Gasteiger partial charge in [-0.05, 0) is 32.1 Å². The van der Waals surface area contributed by atoms with Gasteiger partial charge in [-0.1, -0.05) is 208 Å². The lowest BCUT2D eigenvalue weighted by Crippen LogP contribution is -2.52. The zero-order chi connectivity index (χ0) is 34.4. The van der Waals surface area contributed by atoms with Gasteiger partial charge in [0.05, 0.1) is 19.8 Å². The lowest BCUT2D eigenvalue weighted by atomic mass is 10.0. The Labute approximate surface area is 302 Å². The van der Waals surface area contributed by atoms with Crippen molar-refractivity contribution in [2.45, 2.75) is 252 Å². The van der Waals surface area contributed by atoms with Gasteiger partial charge in [0, 0.05) is 6.61 Å². The van der Waals surface area contributed by atoms with Crippen molar-refractivity contribution in [3.63, 3.8) is 0 Å². The van der Waals surface area contributed by atoms with Gasteiger partial charge in [0.25, 0.3) is 0 Å². The van der Waals surface area contributed by atoms with Crippen molar-refractivity contribution in [2.75, 3.05) is 26.4 Å². The van der Waals surface area contributed by atoms with Gasteiger partial charge in [-0.2, -0.15) is 0 Å². The fourth-order valence-corrected chi connectivity index (χ4v) is 6.42. The summed E-state index contributed by atoms with van der Waals surface area (Å²) >= 11 is 0. The molecule has 0 radical (unpaired) electrons. The Hall–Kier alpha value is -0.200. The van der Waals surface area contributed by atoms with E-state index in [4.69, 9.17) is 18.9 Å².